The van der Waals surface area contributed by atoms with Crippen molar-refractivity contribution in [3.63, 3.8) is 0 Å². The zero-order valence-corrected chi connectivity index (χ0v) is 12.2. The summed E-state index contributed by atoms with van der Waals surface area (Å²) in [5.74, 6) is 5.23. The Morgan fingerprint density at radius 3 is 2.73 bits per heavy atom. The number of halogens is 1. The number of amides is 1. The quantitative estimate of drug-likeness (QED) is 0.882. The number of alkyl carbamates (subject to hydrolysis) is 1. The molecule has 0 spiro atoms. The van der Waals surface area contributed by atoms with Crippen molar-refractivity contribution < 1.29 is 13.9 Å². The lowest BCUT2D eigenvalue weighted by Crippen LogP contribution is -2.24. The van der Waals surface area contributed by atoms with Crippen molar-refractivity contribution in [3.05, 3.63) is 71.0 Å². The molecule has 0 aromatic heterocycles. The van der Waals surface area contributed by atoms with E-state index in [1.807, 2.05) is 30.3 Å². The number of benzene rings is 2. The van der Waals surface area contributed by atoms with E-state index in [0.717, 1.165) is 11.1 Å². The van der Waals surface area contributed by atoms with E-state index < -0.39 is 6.09 Å². The summed E-state index contributed by atoms with van der Waals surface area (Å²) in [6.07, 6.45) is -0.534. The Kier molecular flexibility index (Phi) is 5.56. The Morgan fingerprint density at radius 2 is 2.00 bits per heavy atom. The van der Waals surface area contributed by atoms with E-state index in [4.69, 9.17) is 4.74 Å². The molecule has 1 N–H and O–H groups in total. The van der Waals surface area contributed by atoms with Gasteiger partial charge in [0.05, 0.1) is 6.54 Å². The van der Waals surface area contributed by atoms with E-state index in [9.17, 15) is 9.18 Å². The summed E-state index contributed by atoms with van der Waals surface area (Å²) in [4.78, 5) is 11.5. The highest BCUT2D eigenvalue weighted by molar-refractivity contribution is 5.67. The molecule has 0 aliphatic heterocycles. The van der Waals surface area contributed by atoms with Crippen LogP contribution in [0.2, 0.25) is 0 Å². The third-order valence-corrected chi connectivity index (χ3v) is 2.81. The first-order chi connectivity index (χ1) is 10.6. The molecule has 0 bridgehead atoms. The molecule has 0 aliphatic rings. The fourth-order valence-electron chi connectivity index (χ4n) is 1.85. The van der Waals surface area contributed by atoms with Gasteiger partial charge >= 0.3 is 6.09 Å². The Morgan fingerprint density at radius 1 is 1.23 bits per heavy atom. The Labute approximate surface area is 129 Å². The summed E-state index contributed by atoms with van der Waals surface area (Å²) in [5.41, 5.74) is 2.30. The number of hydrogen-bond acceptors (Lipinski definition) is 2. The molecule has 0 aliphatic carbocycles. The van der Waals surface area contributed by atoms with Crippen molar-refractivity contribution in [2.45, 2.75) is 13.5 Å². The second kappa shape index (κ2) is 7.84. The first kappa shape index (κ1) is 15.6. The average molecular weight is 297 g/mol. The largest absolute Gasteiger partial charge is 0.445 e. The van der Waals surface area contributed by atoms with Gasteiger partial charge in [0.15, 0.2) is 0 Å². The van der Waals surface area contributed by atoms with Crippen LogP contribution in [-0.4, -0.2) is 12.6 Å². The minimum absolute atomic E-state index is 0.142. The van der Waals surface area contributed by atoms with Gasteiger partial charge in [-0.25, -0.2) is 9.18 Å². The average Bonchev–Trinajstić information content (AvgIpc) is 2.50. The van der Waals surface area contributed by atoms with E-state index in [1.165, 1.54) is 12.1 Å². The van der Waals surface area contributed by atoms with Gasteiger partial charge in [-0.2, -0.15) is 0 Å². The predicted molar refractivity (Wildman–Crippen MR) is 82.6 cm³/mol. The van der Waals surface area contributed by atoms with Gasteiger partial charge in [0.25, 0.3) is 0 Å². The van der Waals surface area contributed by atoms with Gasteiger partial charge in [-0.1, -0.05) is 42.2 Å². The normalized spacial score (nSPS) is 9.55. The lowest BCUT2D eigenvalue weighted by molar-refractivity contribution is 0.141. The van der Waals surface area contributed by atoms with Gasteiger partial charge in [-0.15, -0.1) is 0 Å². The molecule has 0 atom stereocenters. The van der Waals surface area contributed by atoms with Crippen molar-refractivity contribution in [2.24, 2.45) is 0 Å². The van der Waals surface area contributed by atoms with E-state index in [2.05, 4.69) is 17.2 Å². The molecule has 0 unspecified atom stereocenters. The van der Waals surface area contributed by atoms with Crippen LogP contribution in [0.1, 0.15) is 16.7 Å². The Bertz CT molecular complexity index is 682. The van der Waals surface area contributed by atoms with Crippen LogP contribution in [0.15, 0.2) is 48.5 Å². The lowest BCUT2D eigenvalue weighted by atomic mass is 10.1. The molecule has 0 radical (unpaired) electrons. The number of carbonyl (C=O) groups is 1. The summed E-state index contributed by atoms with van der Waals surface area (Å²) in [7, 11) is 0. The molecule has 2 aromatic carbocycles. The Hall–Kier alpha value is -2.80. The van der Waals surface area contributed by atoms with Crippen LogP contribution in [0.5, 0.6) is 0 Å². The molecular formula is C18H16FNO2. The van der Waals surface area contributed by atoms with Crippen molar-refractivity contribution >= 4 is 6.09 Å². The van der Waals surface area contributed by atoms with E-state index in [1.54, 1.807) is 13.0 Å². The topological polar surface area (TPSA) is 38.3 Å². The molecule has 2 rings (SSSR count). The molecular weight excluding hydrogens is 281 g/mol. The van der Waals surface area contributed by atoms with Crippen LogP contribution in [0.25, 0.3) is 0 Å². The molecule has 0 saturated carbocycles. The standard InChI is InChI=1S/C18H16FNO2/c1-14-10-16(12-17(19)11-14)8-5-9-20-18(21)22-13-15-6-3-2-4-7-15/h2-4,6-7,10-12H,9,13H2,1H3,(H,20,21). The Balaban J connectivity index is 1.76. The summed E-state index contributed by atoms with van der Waals surface area (Å²) < 4.78 is 18.2. The molecule has 22 heavy (non-hydrogen) atoms. The number of hydrogen-bond donors (Lipinski definition) is 1. The van der Waals surface area contributed by atoms with Crippen LogP contribution >= 0.6 is 0 Å². The third kappa shape index (κ3) is 5.29. The first-order valence-corrected chi connectivity index (χ1v) is 6.84. The van der Waals surface area contributed by atoms with Crippen molar-refractivity contribution in [1.82, 2.24) is 5.32 Å². The van der Waals surface area contributed by atoms with Crippen molar-refractivity contribution in [1.29, 1.82) is 0 Å². The van der Waals surface area contributed by atoms with E-state index in [0.29, 0.717) is 5.56 Å². The van der Waals surface area contributed by atoms with Crippen LogP contribution in [0, 0.1) is 24.6 Å². The molecule has 4 heteroatoms. The molecule has 0 heterocycles. The van der Waals surface area contributed by atoms with Gasteiger partial charge in [-0.05, 0) is 36.2 Å². The van der Waals surface area contributed by atoms with Gasteiger partial charge in [0, 0.05) is 5.56 Å². The minimum atomic E-state index is -0.534. The molecule has 2 aromatic rings. The van der Waals surface area contributed by atoms with Crippen molar-refractivity contribution in [2.75, 3.05) is 6.54 Å². The molecule has 0 fully saturated rings. The summed E-state index contributed by atoms with van der Waals surface area (Å²) in [6, 6.07) is 14.0. The van der Waals surface area contributed by atoms with Crippen LogP contribution in [0.3, 0.4) is 0 Å². The van der Waals surface area contributed by atoms with E-state index in [-0.39, 0.29) is 19.0 Å². The fraction of sp³-hybridized carbons (Fsp3) is 0.167. The molecule has 0 saturated heterocycles. The van der Waals surface area contributed by atoms with Crippen LogP contribution in [0.4, 0.5) is 9.18 Å². The summed E-state index contributed by atoms with van der Waals surface area (Å²) >= 11 is 0. The highest BCUT2D eigenvalue weighted by Crippen LogP contribution is 2.06. The number of ether oxygens (including phenoxy) is 1. The highest BCUT2D eigenvalue weighted by Gasteiger charge is 2.00. The zero-order valence-electron chi connectivity index (χ0n) is 12.2. The molecule has 112 valence electrons. The number of aryl methyl sites for hydroxylation is 1. The first-order valence-electron chi connectivity index (χ1n) is 6.84. The minimum Gasteiger partial charge on any atom is -0.445 e. The maximum atomic E-state index is 13.2. The SMILES string of the molecule is Cc1cc(F)cc(C#CCNC(=O)OCc2ccccc2)c1. The van der Waals surface area contributed by atoms with E-state index >= 15 is 0 Å². The van der Waals surface area contributed by atoms with Gasteiger partial charge in [0.1, 0.15) is 12.4 Å². The molecule has 3 nitrogen and oxygen atoms in total. The van der Waals surface area contributed by atoms with Gasteiger partial charge in [-0.3, -0.25) is 0 Å². The second-order valence-corrected chi connectivity index (χ2v) is 4.73. The number of rotatable bonds is 3. The van der Waals surface area contributed by atoms with Crippen molar-refractivity contribution in [3.8, 4) is 11.8 Å². The monoisotopic (exact) mass is 297 g/mol. The maximum absolute atomic E-state index is 13.2. The highest BCUT2D eigenvalue weighted by atomic mass is 19.1. The third-order valence-electron chi connectivity index (χ3n) is 2.81. The van der Waals surface area contributed by atoms with Gasteiger partial charge < -0.3 is 10.1 Å². The summed E-state index contributed by atoms with van der Waals surface area (Å²) in [5, 5.41) is 2.52. The lowest BCUT2D eigenvalue weighted by Gasteiger charge is -2.04. The zero-order chi connectivity index (χ0) is 15.8. The number of nitrogens with one attached hydrogen (secondary N) is 1. The number of carbonyl (C=O) groups excluding carboxylic acids is 1. The molecule has 1 amide bonds. The van der Waals surface area contributed by atoms with Crippen LogP contribution < -0.4 is 5.32 Å². The maximum Gasteiger partial charge on any atom is 0.408 e. The second-order valence-electron chi connectivity index (χ2n) is 4.73. The summed E-state index contributed by atoms with van der Waals surface area (Å²) in [6.45, 7) is 2.15. The van der Waals surface area contributed by atoms with Gasteiger partial charge in [0.2, 0.25) is 0 Å². The fourth-order valence-corrected chi connectivity index (χ4v) is 1.85. The van der Waals surface area contributed by atoms with Crippen LogP contribution in [-0.2, 0) is 11.3 Å². The smallest absolute Gasteiger partial charge is 0.408 e. The predicted octanol–water partition coefficient (Wildman–Crippen LogP) is 3.41.